The molecule has 0 aliphatic heterocycles. The Morgan fingerprint density at radius 3 is 2.78 bits per heavy atom. The summed E-state index contributed by atoms with van der Waals surface area (Å²) in [7, 11) is 0. The molecule has 0 radical (unpaired) electrons. The van der Waals surface area contributed by atoms with Gasteiger partial charge in [-0.15, -0.1) is 11.3 Å². The molecule has 0 aliphatic carbocycles. The molecule has 0 saturated carbocycles. The summed E-state index contributed by atoms with van der Waals surface area (Å²) in [6, 6.07) is 6.37. The van der Waals surface area contributed by atoms with E-state index >= 15 is 0 Å². The lowest BCUT2D eigenvalue weighted by Gasteiger charge is -2.28. The third-order valence-electron chi connectivity index (χ3n) is 3.21. The number of aryl methyl sites for hydroxylation is 1. The molecule has 0 fully saturated rings. The molecule has 1 atom stereocenters. The highest BCUT2D eigenvalue weighted by atomic mass is 32.1. The number of thiophene rings is 1. The molecule has 0 saturated heterocycles. The monoisotopic (exact) mass is 264 g/mol. The Morgan fingerprint density at radius 2 is 2.28 bits per heavy atom. The fraction of sp³-hybridized carbons (Fsp3) is 0.429. The minimum absolute atomic E-state index is 0.278. The van der Waals surface area contributed by atoms with Crippen LogP contribution >= 0.6 is 11.3 Å². The van der Waals surface area contributed by atoms with Crippen molar-refractivity contribution in [1.82, 2.24) is 4.90 Å². The molecule has 2 rings (SSSR count). The predicted molar refractivity (Wildman–Crippen MR) is 75.6 cm³/mol. The molecule has 2 N–H and O–H groups in total. The lowest BCUT2D eigenvalue weighted by Crippen LogP contribution is -2.33. The zero-order valence-corrected chi connectivity index (χ0v) is 11.7. The quantitative estimate of drug-likeness (QED) is 0.871. The van der Waals surface area contributed by atoms with Crippen LogP contribution in [0.3, 0.4) is 0 Å². The summed E-state index contributed by atoms with van der Waals surface area (Å²) in [5.74, 6) is 0.990. The maximum absolute atomic E-state index is 5.97. The molecule has 3 nitrogen and oxygen atoms in total. The number of furan rings is 1. The van der Waals surface area contributed by atoms with Crippen LogP contribution in [0.5, 0.6) is 0 Å². The number of likely N-dealkylation sites (N-methyl/N-ethyl adjacent to an activating group) is 1. The molecule has 0 spiro atoms. The Labute approximate surface area is 112 Å². The minimum Gasteiger partial charge on any atom is -0.468 e. The van der Waals surface area contributed by atoms with Gasteiger partial charge in [0.1, 0.15) is 5.76 Å². The molecule has 4 heteroatoms. The Balaban J connectivity index is 2.16. The second kappa shape index (κ2) is 6.18. The molecule has 0 aromatic carbocycles. The molecule has 0 amide bonds. The van der Waals surface area contributed by atoms with Crippen molar-refractivity contribution in [2.75, 3.05) is 13.1 Å². The van der Waals surface area contributed by atoms with E-state index in [1.165, 1.54) is 10.4 Å². The number of hydrogen-bond donors (Lipinski definition) is 1. The first-order chi connectivity index (χ1) is 8.76. The number of rotatable bonds is 6. The summed E-state index contributed by atoms with van der Waals surface area (Å²) in [5.41, 5.74) is 7.30. The van der Waals surface area contributed by atoms with Gasteiger partial charge in [-0.1, -0.05) is 6.92 Å². The van der Waals surface area contributed by atoms with Crippen LogP contribution in [0.1, 0.15) is 29.2 Å². The van der Waals surface area contributed by atoms with Gasteiger partial charge in [0.15, 0.2) is 0 Å². The lowest BCUT2D eigenvalue weighted by atomic mass is 10.1. The van der Waals surface area contributed by atoms with Gasteiger partial charge in [0.05, 0.1) is 18.8 Å². The van der Waals surface area contributed by atoms with E-state index in [-0.39, 0.29) is 6.04 Å². The molecule has 98 valence electrons. The molecule has 1 unspecified atom stereocenters. The highest BCUT2D eigenvalue weighted by Crippen LogP contribution is 2.29. The van der Waals surface area contributed by atoms with Crippen molar-refractivity contribution in [2.45, 2.75) is 26.4 Å². The first-order valence-electron chi connectivity index (χ1n) is 6.26. The summed E-state index contributed by atoms with van der Waals surface area (Å²) in [6.45, 7) is 6.71. The average molecular weight is 264 g/mol. The van der Waals surface area contributed by atoms with Crippen molar-refractivity contribution in [2.24, 2.45) is 5.73 Å². The van der Waals surface area contributed by atoms with Crippen molar-refractivity contribution >= 4 is 11.3 Å². The molecule has 0 aliphatic rings. The predicted octanol–water partition coefficient (Wildman–Crippen LogP) is 3.17. The maximum atomic E-state index is 5.97. The lowest BCUT2D eigenvalue weighted by molar-refractivity contribution is 0.190. The van der Waals surface area contributed by atoms with Crippen LogP contribution in [-0.2, 0) is 6.54 Å². The second-order valence-electron chi connectivity index (χ2n) is 4.36. The number of nitrogens with zero attached hydrogens (tertiary/aromatic N) is 1. The Hall–Kier alpha value is -1.10. The van der Waals surface area contributed by atoms with Crippen molar-refractivity contribution in [3.63, 3.8) is 0 Å². The van der Waals surface area contributed by atoms with Gasteiger partial charge >= 0.3 is 0 Å². The van der Waals surface area contributed by atoms with Gasteiger partial charge in [0.2, 0.25) is 0 Å². The van der Waals surface area contributed by atoms with Gasteiger partial charge in [-0.25, -0.2) is 0 Å². The van der Waals surface area contributed by atoms with E-state index in [1.807, 2.05) is 12.1 Å². The zero-order chi connectivity index (χ0) is 13.0. The fourth-order valence-corrected chi connectivity index (χ4v) is 3.27. The Bertz CT molecular complexity index is 464. The topological polar surface area (TPSA) is 42.4 Å². The second-order valence-corrected chi connectivity index (χ2v) is 5.31. The van der Waals surface area contributed by atoms with Crippen LogP contribution in [0.4, 0.5) is 0 Å². The van der Waals surface area contributed by atoms with E-state index in [9.17, 15) is 0 Å². The molecule has 0 bridgehead atoms. The van der Waals surface area contributed by atoms with Gasteiger partial charge < -0.3 is 10.2 Å². The third kappa shape index (κ3) is 2.83. The van der Waals surface area contributed by atoms with Gasteiger partial charge in [-0.3, -0.25) is 4.90 Å². The number of hydrogen-bond acceptors (Lipinski definition) is 4. The Kier molecular flexibility index (Phi) is 4.58. The largest absolute Gasteiger partial charge is 0.468 e. The van der Waals surface area contributed by atoms with Crippen LogP contribution in [0.2, 0.25) is 0 Å². The molecular formula is C14H20N2OS. The van der Waals surface area contributed by atoms with Gasteiger partial charge in [0, 0.05) is 11.4 Å². The number of nitrogens with two attached hydrogens (primary N) is 1. The van der Waals surface area contributed by atoms with E-state index in [1.54, 1.807) is 17.6 Å². The smallest absolute Gasteiger partial charge is 0.117 e. The summed E-state index contributed by atoms with van der Waals surface area (Å²) < 4.78 is 5.43. The summed E-state index contributed by atoms with van der Waals surface area (Å²) >= 11 is 1.79. The molecule has 2 aromatic heterocycles. The van der Waals surface area contributed by atoms with Crippen LogP contribution in [-0.4, -0.2) is 18.0 Å². The van der Waals surface area contributed by atoms with Crippen molar-refractivity contribution in [3.05, 3.63) is 46.0 Å². The fourth-order valence-electron chi connectivity index (χ4n) is 2.19. The van der Waals surface area contributed by atoms with Crippen LogP contribution in [0.25, 0.3) is 0 Å². The summed E-state index contributed by atoms with van der Waals surface area (Å²) in [5, 5.41) is 2.13. The van der Waals surface area contributed by atoms with E-state index < -0.39 is 0 Å². The zero-order valence-electron chi connectivity index (χ0n) is 10.9. The van der Waals surface area contributed by atoms with Crippen molar-refractivity contribution in [3.8, 4) is 0 Å². The SMILES string of the molecule is CCN(Cc1ccco1)C(CN)c1sccc1C. The highest BCUT2D eigenvalue weighted by molar-refractivity contribution is 7.10. The highest BCUT2D eigenvalue weighted by Gasteiger charge is 2.21. The van der Waals surface area contributed by atoms with E-state index in [4.69, 9.17) is 10.2 Å². The molecule has 2 aromatic rings. The van der Waals surface area contributed by atoms with Crippen LogP contribution < -0.4 is 5.73 Å². The maximum Gasteiger partial charge on any atom is 0.117 e. The van der Waals surface area contributed by atoms with Gasteiger partial charge in [-0.05, 0) is 42.6 Å². The molecular weight excluding hydrogens is 244 g/mol. The third-order valence-corrected chi connectivity index (χ3v) is 4.33. The van der Waals surface area contributed by atoms with Crippen molar-refractivity contribution < 1.29 is 4.42 Å². The van der Waals surface area contributed by atoms with E-state index in [2.05, 4.69) is 30.2 Å². The molecule has 18 heavy (non-hydrogen) atoms. The average Bonchev–Trinajstić information content (AvgIpc) is 3.01. The van der Waals surface area contributed by atoms with Crippen LogP contribution in [0.15, 0.2) is 34.3 Å². The normalized spacial score (nSPS) is 13.1. The summed E-state index contributed by atoms with van der Waals surface area (Å²) in [4.78, 5) is 3.73. The van der Waals surface area contributed by atoms with E-state index in [0.717, 1.165) is 18.8 Å². The first-order valence-corrected chi connectivity index (χ1v) is 7.14. The first kappa shape index (κ1) is 13.3. The van der Waals surface area contributed by atoms with Crippen molar-refractivity contribution in [1.29, 1.82) is 0 Å². The molecule has 2 heterocycles. The Morgan fingerprint density at radius 1 is 1.44 bits per heavy atom. The van der Waals surface area contributed by atoms with Gasteiger partial charge in [-0.2, -0.15) is 0 Å². The van der Waals surface area contributed by atoms with Crippen LogP contribution in [0, 0.1) is 6.92 Å². The van der Waals surface area contributed by atoms with Gasteiger partial charge in [0.25, 0.3) is 0 Å². The summed E-state index contributed by atoms with van der Waals surface area (Å²) in [6.07, 6.45) is 1.72. The van der Waals surface area contributed by atoms with E-state index in [0.29, 0.717) is 6.54 Å². The standard InChI is InChI=1S/C14H20N2OS/c1-3-16(10-12-5-4-7-17-12)13(9-15)14-11(2)6-8-18-14/h4-8,13H,3,9-10,15H2,1-2H3. The minimum atomic E-state index is 0.278.